The van der Waals surface area contributed by atoms with Crippen LogP contribution in [0.4, 0.5) is 17.8 Å². The van der Waals surface area contributed by atoms with Crippen molar-refractivity contribution >= 4 is 27.7 Å². The Hall–Kier alpha value is -1.64. The quantitative estimate of drug-likeness (QED) is 0.773. The van der Waals surface area contributed by atoms with Gasteiger partial charge in [-0.15, -0.1) is 0 Å². The first-order valence-electron chi connectivity index (χ1n) is 6.45. The summed E-state index contributed by atoms with van der Waals surface area (Å²) < 4.78 is 22.8. The van der Waals surface area contributed by atoms with E-state index in [-0.39, 0.29) is 17.4 Å². The monoisotopic (exact) mass is 300 g/mol. The standard InChI is InChI=1S/C11H20N6O2S/c1-12-9-14-10(16-11(15-9)17(2)3)13-6-8-4-5-20(18,19)7-8/h8H,4-7H2,1-3H3,(H2,12,13,14,15,16). The Morgan fingerprint density at radius 1 is 1.25 bits per heavy atom. The average molecular weight is 300 g/mol. The molecule has 1 atom stereocenters. The molecule has 0 amide bonds. The lowest BCUT2D eigenvalue weighted by molar-refractivity contribution is 0.595. The minimum absolute atomic E-state index is 0.123. The van der Waals surface area contributed by atoms with Gasteiger partial charge in [0.2, 0.25) is 17.8 Å². The summed E-state index contributed by atoms with van der Waals surface area (Å²) in [7, 11) is 2.59. The molecule has 1 fully saturated rings. The van der Waals surface area contributed by atoms with E-state index in [0.29, 0.717) is 30.8 Å². The minimum atomic E-state index is -2.85. The molecule has 0 aliphatic carbocycles. The second kappa shape index (κ2) is 5.78. The fraction of sp³-hybridized carbons (Fsp3) is 0.727. The van der Waals surface area contributed by atoms with E-state index in [2.05, 4.69) is 25.6 Å². The molecular formula is C11H20N6O2S. The van der Waals surface area contributed by atoms with E-state index in [0.717, 1.165) is 0 Å². The van der Waals surface area contributed by atoms with E-state index in [1.165, 1.54) is 0 Å². The van der Waals surface area contributed by atoms with E-state index in [1.807, 2.05) is 14.1 Å². The Kier molecular flexibility index (Phi) is 4.26. The van der Waals surface area contributed by atoms with Gasteiger partial charge in [-0.05, 0) is 12.3 Å². The molecule has 0 spiro atoms. The van der Waals surface area contributed by atoms with Gasteiger partial charge in [0, 0.05) is 27.7 Å². The van der Waals surface area contributed by atoms with Crippen molar-refractivity contribution in [3.05, 3.63) is 0 Å². The predicted octanol–water partition coefficient (Wildman–Crippen LogP) is -0.174. The molecule has 1 aromatic rings. The summed E-state index contributed by atoms with van der Waals surface area (Å²) in [6, 6.07) is 0. The highest BCUT2D eigenvalue weighted by atomic mass is 32.2. The maximum absolute atomic E-state index is 11.4. The number of nitrogens with zero attached hydrogens (tertiary/aromatic N) is 4. The molecule has 0 saturated carbocycles. The number of hydrogen-bond acceptors (Lipinski definition) is 8. The van der Waals surface area contributed by atoms with Gasteiger partial charge in [-0.1, -0.05) is 0 Å². The van der Waals surface area contributed by atoms with Gasteiger partial charge in [0.25, 0.3) is 0 Å². The normalized spacial score (nSPS) is 20.6. The van der Waals surface area contributed by atoms with Crippen molar-refractivity contribution in [3.63, 3.8) is 0 Å². The lowest BCUT2D eigenvalue weighted by atomic mass is 10.1. The molecule has 8 nitrogen and oxygen atoms in total. The molecular weight excluding hydrogens is 280 g/mol. The molecule has 1 unspecified atom stereocenters. The molecule has 2 heterocycles. The van der Waals surface area contributed by atoms with Crippen molar-refractivity contribution in [2.24, 2.45) is 5.92 Å². The molecule has 1 aliphatic heterocycles. The third-order valence-electron chi connectivity index (χ3n) is 3.12. The van der Waals surface area contributed by atoms with Crippen molar-refractivity contribution in [1.29, 1.82) is 0 Å². The molecule has 20 heavy (non-hydrogen) atoms. The molecule has 112 valence electrons. The number of anilines is 3. The van der Waals surface area contributed by atoms with Crippen LogP contribution in [0.25, 0.3) is 0 Å². The summed E-state index contributed by atoms with van der Waals surface area (Å²) in [5.74, 6) is 2.12. The van der Waals surface area contributed by atoms with E-state index in [4.69, 9.17) is 0 Å². The third-order valence-corrected chi connectivity index (χ3v) is 4.96. The topological polar surface area (TPSA) is 100 Å². The van der Waals surface area contributed by atoms with Gasteiger partial charge in [0.05, 0.1) is 11.5 Å². The summed E-state index contributed by atoms with van der Waals surface area (Å²) in [6.45, 7) is 0.555. The Morgan fingerprint density at radius 3 is 2.50 bits per heavy atom. The number of aromatic nitrogens is 3. The van der Waals surface area contributed by atoms with Gasteiger partial charge in [0.1, 0.15) is 0 Å². The second-order valence-corrected chi connectivity index (χ2v) is 7.31. The molecule has 2 rings (SSSR count). The van der Waals surface area contributed by atoms with Crippen LogP contribution in [0.5, 0.6) is 0 Å². The maximum atomic E-state index is 11.4. The van der Waals surface area contributed by atoms with Crippen LogP contribution in [-0.4, -0.2) is 62.6 Å². The van der Waals surface area contributed by atoms with Crippen LogP contribution in [0, 0.1) is 5.92 Å². The molecule has 0 aromatic carbocycles. The zero-order valence-electron chi connectivity index (χ0n) is 11.9. The van der Waals surface area contributed by atoms with E-state index < -0.39 is 9.84 Å². The Morgan fingerprint density at radius 2 is 1.95 bits per heavy atom. The Balaban J connectivity index is 2.04. The zero-order valence-corrected chi connectivity index (χ0v) is 12.7. The largest absolute Gasteiger partial charge is 0.357 e. The summed E-state index contributed by atoms with van der Waals surface area (Å²) in [5, 5.41) is 5.98. The van der Waals surface area contributed by atoms with Gasteiger partial charge in [-0.2, -0.15) is 15.0 Å². The zero-order chi connectivity index (χ0) is 14.8. The molecule has 1 saturated heterocycles. The van der Waals surface area contributed by atoms with Gasteiger partial charge in [-0.25, -0.2) is 8.42 Å². The summed E-state index contributed by atoms with van der Waals surface area (Å²) in [4.78, 5) is 14.5. The average Bonchev–Trinajstić information content (AvgIpc) is 2.75. The van der Waals surface area contributed by atoms with E-state index >= 15 is 0 Å². The van der Waals surface area contributed by atoms with Crippen LogP contribution >= 0.6 is 0 Å². The Bertz CT molecular complexity index is 574. The molecule has 2 N–H and O–H groups in total. The summed E-state index contributed by atoms with van der Waals surface area (Å²) >= 11 is 0. The van der Waals surface area contributed by atoms with E-state index in [9.17, 15) is 8.42 Å². The van der Waals surface area contributed by atoms with Crippen molar-refractivity contribution in [3.8, 4) is 0 Å². The lowest BCUT2D eigenvalue weighted by Gasteiger charge is -2.14. The lowest BCUT2D eigenvalue weighted by Crippen LogP contribution is -2.20. The van der Waals surface area contributed by atoms with Gasteiger partial charge >= 0.3 is 0 Å². The molecule has 9 heteroatoms. The SMILES string of the molecule is CNc1nc(NCC2CCS(=O)(=O)C2)nc(N(C)C)n1. The fourth-order valence-electron chi connectivity index (χ4n) is 2.02. The van der Waals surface area contributed by atoms with Crippen LogP contribution in [0.2, 0.25) is 0 Å². The third kappa shape index (κ3) is 3.69. The molecule has 0 bridgehead atoms. The van der Waals surface area contributed by atoms with Crippen molar-refractivity contribution < 1.29 is 8.42 Å². The van der Waals surface area contributed by atoms with Crippen molar-refractivity contribution in [2.45, 2.75) is 6.42 Å². The number of sulfone groups is 1. The summed E-state index contributed by atoms with van der Waals surface area (Å²) in [6.07, 6.45) is 0.694. The van der Waals surface area contributed by atoms with Gasteiger partial charge in [0.15, 0.2) is 9.84 Å². The molecule has 1 aromatic heterocycles. The predicted molar refractivity (Wildman–Crippen MR) is 79.0 cm³/mol. The second-order valence-electron chi connectivity index (χ2n) is 5.08. The van der Waals surface area contributed by atoms with Crippen molar-refractivity contribution in [2.75, 3.05) is 54.7 Å². The highest BCUT2D eigenvalue weighted by molar-refractivity contribution is 7.91. The highest BCUT2D eigenvalue weighted by Crippen LogP contribution is 2.19. The fourth-order valence-corrected chi connectivity index (χ4v) is 3.89. The maximum Gasteiger partial charge on any atom is 0.231 e. The smallest absolute Gasteiger partial charge is 0.231 e. The molecule has 0 radical (unpaired) electrons. The minimum Gasteiger partial charge on any atom is -0.357 e. The first-order valence-corrected chi connectivity index (χ1v) is 8.27. The van der Waals surface area contributed by atoms with Crippen molar-refractivity contribution in [1.82, 2.24) is 15.0 Å². The Labute approximate surface area is 118 Å². The summed E-state index contributed by atoms with van der Waals surface area (Å²) in [5.41, 5.74) is 0. The van der Waals surface area contributed by atoms with Crippen LogP contribution in [0.15, 0.2) is 0 Å². The number of rotatable bonds is 5. The first-order chi connectivity index (χ1) is 9.39. The van der Waals surface area contributed by atoms with Crippen LogP contribution in [0.3, 0.4) is 0 Å². The number of nitrogens with one attached hydrogen (secondary N) is 2. The van der Waals surface area contributed by atoms with Crippen LogP contribution in [0.1, 0.15) is 6.42 Å². The van der Waals surface area contributed by atoms with Gasteiger partial charge in [-0.3, -0.25) is 0 Å². The highest BCUT2D eigenvalue weighted by Gasteiger charge is 2.27. The molecule has 1 aliphatic rings. The first kappa shape index (κ1) is 14.8. The van der Waals surface area contributed by atoms with Crippen LogP contribution in [-0.2, 0) is 9.84 Å². The van der Waals surface area contributed by atoms with Gasteiger partial charge < -0.3 is 15.5 Å². The number of hydrogen-bond donors (Lipinski definition) is 2. The van der Waals surface area contributed by atoms with Crippen LogP contribution < -0.4 is 15.5 Å². The van der Waals surface area contributed by atoms with E-state index in [1.54, 1.807) is 11.9 Å².